The third-order valence-electron chi connectivity index (χ3n) is 3.89. The lowest BCUT2D eigenvalue weighted by Crippen LogP contribution is -2.35. The van der Waals surface area contributed by atoms with E-state index in [4.69, 9.17) is 11.1 Å². The van der Waals surface area contributed by atoms with Crippen molar-refractivity contribution >= 4 is 35.4 Å². The highest BCUT2D eigenvalue weighted by Gasteiger charge is 2.47. The third-order valence-corrected chi connectivity index (χ3v) is 5.17. The number of thioether (sulfide) groups is 1. The Hall–Kier alpha value is -3.01. The Morgan fingerprint density at radius 1 is 1.26 bits per heavy atom. The molecule has 140 valence electrons. The van der Waals surface area contributed by atoms with Gasteiger partial charge in [-0.1, -0.05) is 12.1 Å². The number of fused-ring (bicyclic) bond motifs is 1. The number of hydrogen-bond donors (Lipinski definition) is 3. The van der Waals surface area contributed by atoms with E-state index in [9.17, 15) is 27.9 Å². The number of nitrogens with one attached hydrogen (secondary N) is 1. The van der Waals surface area contributed by atoms with Crippen LogP contribution in [-0.2, 0) is 14.3 Å². The molecule has 3 rings (SSSR count). The monoisotopic (exact) mass is 396 g/mol. The van der Waals surface area contributed by atoms with E-state index in [2.05, 4.69) is 4.74 Å². The highest BCUT2D eigenvalue weighted by atomic mass is 32.2. The standard InChI is InChI=1S/C17H11F3N2O4S/c18-11-10-14(24)9(7(23)5-21)17(25)26-15(10)13(20)16(12(11)19)27-8-4-2-1-3-6(8)22/h1-5,9,16,21,24H,22H2. The third kappa shape index (κ3) is 3.01. The van der Waals surface area contributed by atoms with Crippen molar-refractivity contribution < 1.29 is 32.6 Å². The number of nitrogen functional groups attached to an aromatic ring is 1. The highest BCUT2D eigenvalue weighted by molar-refractivity contribution is 8.00. The fourth-order valence-electron chi connectivity index (χ4n) is 2.58. The molecule has 0 aromatic heterocycles. The molecule has 1 aromatic carbocycles. The van der Waals surface area contributed by atoms with Crippen molar-refractivity contribution in [3.8, 4) is 0 Å². The first-order valence-corrected chi connectivity index (χ1v) is 8.31. The van der Waals surface area contributed by atoms with Crippen LogP contribution in [-0.4, -0.2) is 28.3 Å². The summed E-state index contributed by atoms with van der Waals surface area (Å²) < 4.78 is 48.5. The van der Waals surface area contributed by atoms with Gasteiger partial charge in [-0.3, -0.25) is 9.59 Å². The van der Waals surface area contributed by atoms with Gasteiger partial charge in [0.15, 0.2) is 34.9 Å². The second kappa shape index (κ2) is 6.95. The van der Waals surface area contributed by atoms with Gasteiger partial charge in [0.2, 0.25) is 0 Å². The summed E-state index contributed by atoms with van der Waals surface area (Å²) in [5, 5.41) is 15.1. The molecule has 2 atom stereocenters. The largest absolute Gasteiger partial charge is 0.510 e. The van der Waals surface area contributed by atoms with E-state index >= 15 is 0 Å². The predicted octanol–water partition coefficient (Wildman–Crippen LogP) is 3.28. The minimum absolute atomic E-state index is 0.204. The van der Waals surface area contributed by atoms with Crippen LogP contribution in [0.4, 0.5) is 18.9 Å². The Balaban J connectivity index is 2.11. The number of anilines is 1. The number of ether oxygens (including phenoxy) is 1. The molecule has 0 spiro atoms. The number of Topliss-reactive ketones (excluding diaryl/α,β-unsaturated/α-hetero) is 1. The SMILES string of the molecule is N=CC(=O)C1C(=O)OC2=C(F)C(Sc3ccccc3N)C(F)=C(F)C2=C1O. The normalized spacial score (nSPS) is 22.6. The molecule has 0 amide bonds. The van der Waals surface area contributed by atoms with Crippen LogP contribution < -0.4 is 5.73 Å². The number of rotatable bonds is 4. The zero-order valence-electron chi connectivity index (χ0n) is 13.3. The Morgan fingerprint density at radius 2 is 1.93 bits per heavy atom. The Labute approximate surface area is 154 Å². The number of benzene rings is 1. The number of esters is 1. The second-order valence-corrected chi connectivity index (χ2v) is 6.68. The van der Waals surface area contributed by atoms with Crippen molar-refractivity contribution in [3.63, 3.8) is 0 Å². The lowest BCUT2D eigenvalue weighted by molar-refractivity contribution is -0.147. The molecular weight excluding hydrogens is 385 g/mol. The topological polar surface area (TPSA) is 113 Å². The predicted molar refractivity (Wildman–Crippen MR) is 90.9 cm³/mol. The van der Waals surface area contributed by atoms with Crippen molar-refractivity contribution in [2.75, 3.05) is 5.73 Å². The molecule has 1 heterocycles. The van der Waals surface area contributed by atoms with Crippen molar-refractivity contribution in [1.82, 2.24) is 0 Å². The van der Waals surface area contributed by atoms with E-state index in [1.54, 1.807) is 12.1 Å². The molecule has 10 heteroatoms. The van der Waals surface area contributed by atoms with Gasteiger partial charge in [0.05, 0.1) is 11.8 Å². The summed E-state index contributed by atoms with van der Waals surface area (Å²) in [6.07, 6.45) is 0.214. The fraction of sp³-hybridized carbons (Fsp3) is 0.118. The minimum atomic E-state index is -2.05. The van der Waals surface area contributed by atoms with E-state index in [0.717, 1.165) is 0 Å². The van der Waals surface area contributed by atoms with Crippen molar-refractivity contribution in [1.29, 1.82) is 5.41 Å². The molecule has 4 N–H and O–H groups in total. The molecular formula is C17H11F3N2O4S. The van der Waals surface area contributed by atoms with Crippen LogP contribution in [0.15, 0.2) is 63.7 Å². The molecule has 0 radical (unpaired) electrons. The number of aliphatic hydroxyl groups excluding tert-OH is 1. The minimum Gasteiger partial charge on any atom is -0.510 e. The number of ketones is 1. The van der Waals surface area contributed by atoms with E-state index in [1.807, 2.05) is 0 Å². The smallest absolute Gasteiger partial charge is 0.330 e. The fourth-order valence-corrected chi connectivity index (χ4v) is 3.61. The summed E-state index contributed by atoms with van der Waals surface area (Å²) >= 11 is 0.552. The maximum Gasteiger partial charge on any atom is 0.330 e. The maximum atomic E-state index is 14.8. The van der Waals surface area contributed by atoms with Crippen molar-refractivity contribution in [2.24, 2.45) is 5.92 Å². The number of carbonyl (C=O) groups excluding carboxylic acids is 2. The molecule has 1 aliphatic carbocycles. The number of aliphatic hydroxyl groups is 1. The Kier molecular flexibility index (Phi) is 4.83. The van der Waals surface area contributed by atoms with Crippen LogP contribution in [0.5, 0.6) is 0 Å². The molecule has 6 nitrogen and oxygen atoms in total. The zero-order chi connectivity index (χ0) is 19.9. The first-order chi connectivity index (χ1) is 12.8. The Bertz CT molecular complexity index is 971. The zero-order valence-corrected chi connectivity index (χ0v) is 14.1. The first-order valence-electron chi connectivity index (χ1n) is 7.43. The second-order valence-electron chi connectivity index (χ2n) is 5.54. The summed E-state index contributed by atoms with van der Waals surface area (Å²) in [6.45, 7) is 0. The number of para-hydroxylation sites is 1. The molecule has 0 saturated heterocycles. The lowest BCUT2D eigenvalue weighted by Gasteiger charge is -2.29. The average Bonchev–Trinajstić information content (AvgIpc) is 2.64. The molecule has 1 aliphatic heterocycles. The van der Waals surface area contributed by atoms with Crippen LogP contribution in [0, 0.1) is 11.3 Å². The summed E-state index contributed by atoms with van der Waals surface area (Å²) in [5.74, 6) is -11.5. The molecule has 2 unspecified atom stereocenters. The summed E-state index contributed by atoms with van der Waals surface area (Å²) in [5.41, 5.74) is 4.87. The molecule has 0 bridgehead atoms. The van der Waals surface area contributed by atoms with Crippen LogP contribution in [0.1, 0.15) is 0 Å². The average molecular weight is 396 g/mol. The lowest BCUT2D eigenvalue weighted by atomic mass is 9.91. The number of allylic oxidation sites excluding steroid dienone is 1. The quantitative estimate of drug-likeness (QED) is 0.312. The Morgan fingerprint density at radius 3 is 2.56 bits per heavy atom. The summed E-state index contributed by atoms with van der Waals surface area (Å²) in [6, 6.07) is 6.12. The van der Waals surface area contributed by atoms with Crippen LogP contribution in [0.25, 0.3) is 0 Å². The van der Waals surface area contributed by atoms with E-state index in [1.165, 1.54) is 12.1 Å². The van der Waals surface area contributed by atoms with Gasteiger partial charge < -0.3 is 21.0 Å². The molecule has 0 fully saturated rings. The molecule has 1 aromatic rings. The van der Waals surface area contributed by atoms with Crippen molar-refractivity contribution in [2.45, 2.75) is 10.1 Å². The number of nitrogens with two attached hydrogens (primary N) is 1. The summed E-state index contributed by atoms with van der Waals surface area (Å²) in [7, 11) is 0. The van der Waals surface area contributed by atoms with Gasteiger partial charge in [-0.15, -0.1) is 11.8 Å². The van der Waals surface area contributed by atoms with Crippen LogP contribution in [0.2, 0.25) is 0 Å². The number of hydrogen-bond acceptors (Lipinski definition) is 7. The van der Waals surface area contributed by atoms with Gasteiger partial charge in [-0.25, -0.2) is 13.2 Å². The summed E-state index contributed by atoms with van der Waals surface area (Å²) in [4.78, 5) is 23.8. The molecule has 0 saturated carbocycles. The van der Waals surface area contributed by atoms with Gasteiger partial charge in [0.1, 0.15) is 11.0 Å². The van der Waals surface area contributed by atoms with Gasteiger partial charge in [0, 0.05) is 10.6 Å². The van der Waals surface area contributed by atoms with E-state index < -0.39 is 57.5 Å². The van der Waals surface area contributed by atoms with Crippen molar-refractivity contribution in [3.05, 3.63) is 58.8 Å². The maximum absolute atomic E-state index is 14.8. The number of carbonyl (C=O) groups is 2. The molecule has 27 heavy (non-hydrogen) atoms. The highest BCUT2D eigenvalue weighted by Crippen LogP contribution is 2.48. The first kappa shape index (κ1) is 18.8. The van der Waals surface area contributed by atoms with E-state index in [-0.39, 0.29) is 16.8 Å². The van der Waals surface area contributed by atoms with Crippen LogP contribution in [0.3, 0.4) is 0 Å². The molecule has 2 aliphatic rings. The van der Waals surface area contributed by atoms with Gasteiger partial charge in [0.25, 0.3) is 0 Å². The number of halogens is 3. The van der Waals surface area contributed by atoms with Gasteiger partial charge >= 0.3 is 5.97 Å². The van der Waals surface area contributed by atoms with Crippen LogP contribution >= 0.6 is 11.8 Å². The van der Waals surface area contributed by atoms with E-state index in [0.29, 0.717) is 11.8 Å². The van der Waals surface area contributed by atoms with Gasteiger partial charge in [-0.2, -0.15) is 0 Å². The van der Waals surface area contributed by atoms with Gasteiger partial charge in [-0.05, 0) is 12.1 Å².